The Morgan fingerprint density at radius 2 is 2.20 bits per heavy atom. The van der Waals surface area contributed by atoms with Gasteiger partial charge in [-0.3, -0.25) is 9.48 Å². The second kappa shape index (κ2) is 7.68. The van der Waals surface area contributed by atoms with E-state index in [0.717, 1.165) is 38.2 Å². The van der Waals surface area contributed by atoms with Crippen LogP contribution in [0.4, 0.5) is 10.1 Å². The maximum absolute atomic E-state index is 13.9. The smallest absolute Gasteiger partial charge is 0.254 e. The lowest BCUT2D eigenvalue weighted by Gasteiger charge is -2.19. The molecule has 1 saturated heterocycles. The van der Waals surface area contributed by atoms with Crippen molar-refractivity contribution in [2.75, 3.05) is 24.5 Å². The minimum Gasteiger partial charge on any atom is -0.369 e. The number of amides is 1. The van der Waals surface area contributed by atoms with Crippen molar-refractivity contribution < 1.29 is 9.18 Å². The Bertz CT molecular complexity index is 743. The standard InChI is InChI=1S/C19H25FN4O/c1-3-9-24-13-16(14(2)22-24)19(25)21-11-15-8-10-23(12-15)18-7-5-4-6-17(18)20/h4-7,13,15H,3,8-12H2,1-2H3,(H,21,25). The summed E-state index contributed by atoms with van der Waals surface area (Å²) in [4.78, 5) is 14.5. The summed E-state index contributed by atoms with van der Waals surface area (Å²) >= 11 is 0. The Labute approximate surface area is 147 Å². The summed E-state index contributed by atoms with van der Waals surface area (Å²) in [6.45, 7) is 6.93. The minimum absolute atomic E-state index is 0.0794. The van der Waals surface area contributed by atoms with E-state index in [0.29, 0.717) is 23.7 Å². The zero-order valence-electron chi connectivity index (χ0n) is 14.8. The molecule has 0 aliphatic carbocycles. The molecule has 0 bridgehead atoms. The zero-order valence-corrected chi connectivity index (χ0v) is 14.8. The number of nitrogens with one attached hydrogen (secondary N) is 1. The third kappa shape index (κ3) is 4.00. The predicted octanol–water partition coefficient (Wildman–Crippen LogP) is 3.00. The molecule has 1 aliphatic rings. The highest BCUT2D eigenvalue weighted by Crippen LogP contribution is 2.25. The van der Waals surface area contributed by atoms with E-state index in [9.17, 15) is 9.18 Å². The molecule has 1 amide bonds. The lowest BCUT2D eigenvalue weighted by atomic mass is 10.1. The van der Waals surface area contributed by atoms with Crippen molar-refractivity contribution in [1.29, 1.82) is 0 Å². The van der Waals surface area contributed by atoms with Crippen molar-refractivity contribution in [3.8, 4) is 0 Å². The fourth-order valence-electron chi connectivity index (χ4n) is 3.34. The highest BCUT2D eigenvalue weighted by atomic mass is 19.1. The molecule has 0 saturated carbocycles. The number of aryl methyl sites for hydroxylation is 2. The van der Waals surface area contributed by atoms with Crippen molar-refractivity contribution in [3.05, 3.63) is 47.5 Å². The number of hydrogen-bond acceptors (Lipinski definition) is 3. The van der Waals surface area contributed by atoms with Crippen LogP contribution in [0.3, 0.4) is 0 Å². The summed E-state index contributed by atoms with van der Waals surface area (Å²) in [5.41, 5.74) is 2.04. The van der Waals surface area contributed by atoms with E-state index in [1.807, 2.05) is 29.9 Å². The molecule has 2 heterocycles. The SMILES string of the molecule is CCCn1cc(C(=O)NCC2CCN(c3ccccc3F)C2)c(C)n1. The zero-order chi connectivity index (χ0) is 17.8. The number of para-hydroxylation sites is 1. The number of aromatic nitrogens is 2. The van der Waals surface area contributed by atoms with Crippen LogP contribution in [0, 0.1) is 18.7 Å². The largest absolute Gasteiger partial charge is 0.369 e. The minimum atomic E-state index is -0.189. The molecule has 1 unspecified atom stereocenters. The van der Waals surface area contributed by atoms with Crippen LogP contribution in [0.15, 0.2) is 30.5 Å². The number of hydrogen-bond donors (Lipinski definition) is 1. The van der Waals surface area contributed by atoms with E-state index < -0.39 is 0 Å². The summed E-state index contributed by atoms with van der Waals surface area (Å²) < 4.78 is 15.7. The highest BCUT2D eigenvalue weighted by molar-refractivity contribution is 5.95. The van der Waals surface area contributed by atoms with Gasteiger partial charge in [0.25, 0.3) is 5.91 Å². The number of nitrogens with zero attached hydrogens (tertiary/aromatic N) is 3. The first kappa shape index (κ1) is 17.5. The van der Waals surface area contributed by atoms with E-state index >= 15 is 0 Å². The van der Waals surface area contributed by atoms with Gasteiger partial charge in [0.2, 0.25) is 0 Å². The van der Waals surface area contributed by atoms with E-state index in [2.05, 4.69) is 22.2 Å². The van der Waals surface area contributed by atoms with Crippen molar-refractivity contribution in [1.82, 2.24) is 15.1 Å². The number of carbonyl (C=O) groups excluding carboxylic acids is 1. The highest BCUT2D eigenvalue weighted by Gasteiger charge is 2.25. The first-order valence-electron chi connectivity index (χ1n) is 8.90. The molecule has 1 atom stereocenters. The topological polar surface area (TPSA) is 50.2 Å². The summed E-state index contributed by atoms with van der Waals surface area (Å²) in [5, 5.41) is 7.38. The molecule has 0 radical (unpaired) electrons. The first-order chi connectivity index (χ1) is 12.1. The van der Waals surface area contributed by atoms with Gasteiger partial charge in [-0.2, -0.15) is 5.10 Å². The molecule has 134 valence electrons. The molecule has 6 heteroatoms. The molecule has 2 aromatic rings. The first-order valence-corrected chi connectivity index (χ1v) is 8.90. The summed E-state index contributed by atoms with van der Waals surface area (Å²) in [5.74, 6) is 0.0601. The third-order valence-electron chi connectivity index (χ3n) is 4.67. The third-order valence-corrected chi connectivity index (χ3v) is 4.67. The van der Waals surface area contributed by atoms with Gasteiger partial charge in [0.1, 0.15) is 5.82 Å². The Balaban J connectivity index is 1.54. The van der Waals surface area contributed by atoms with Gasteiger partial charge in [0, 0.05) is 32.4 Å². The quantitative estimate of drug-likeness (QED) is 0.876. The van der Waals surface area contributed by atoms with Crippen LogP contribution in [-0.2, 0) is 6.54 Å². The van der Waals surface area contributed by atoms with Crippen LogP contribution in [-0.4, -0.2) is 35.3 Å². The molecule has 1 fully saturated rings. The molecule has 1 aliphatic heterocycles. The average Bonchev–Trinajstić information content (AvgIpc) is 3.20. The van der Waals surface area contributed by atoms with Gasteiger partial charge in [0.05, 0.1) is 16.9 Å². The molecular weight excluding hydrogens is 319 g/mol. The Morgan fingerprint density at radius 1 is 1.40 bits per heavy atom. The number of rotatable bonds is 6. The fraction of sp³-hybridized carbons (Fsp3) is 0.474. The molecule has 1 aromatic heterocycles. The number of carbonyl (C=O) groups is 1. The monoisotopic (exact) mass is 344 g/mol. The fourth-order valence-corrected chi connectivity index (χ4v) is 3.34. The summed E-state index contributed by atoms with van der Waals surface area (Å²) in [6.07, 6.45) is 3.74. The molecule has 1 aromatic carbocycles. The van der Waals surface area contributed by atoms with Crippen molar-refractivity contribution in [2.45, 2.75) is 33.2 Å². The second-order valence-corrected chi connectivity index (χ2v) is 6.65. The van der Waals surface area contributed by atoms with Gasteiger partial charge in [-0.05, 0) is 37.8 Å². The maximum Gasteiger partial charge on any atom is 0.254 e. The molecular formula is C19H25FN4O. The van der Waals surface area contributed by atoms with Gasteiger partial charge in [-0.25, -0.2) is 4.39 Å². The lowest BCUT2D eigenvalue weighted by Crippen LogP contribution is -2.31. The Morgan fingerprint density at radius 3 is 2.96 bits per heavy atom. The number of halogens is 1. The molecule has 3 rings (SSSR count). The van der Waals surface area contributed by atoms with Crippen molar-refractivity contribution >= 4 is 11.6 Å². The van der Waals surface area contributed by atoms with Gasteiger partial charge >= 0.3 is 0 Å². The van der Waals surface area contributed by atoms with E-state index in [-0.39, 0.29) is 11.7 Å². The second-order valence-electron chi connectivity index (χ2n) is 6.65. The van der Waals surface area contributed by atoms with Crippen molar-refractivity contribution in [3.63, 3.8) is 0 Å². The van der Waals surface area contributed by atoms with Crippen LogP contribution >= 0.6 is 0 Å². The van der Waals surface area contributed by atoms with Gasteiger partial charge in [0.15, 0.2) is 0 Å². The Kier molecular flexibility index (Phi) is 5.36. The summed E-state index contributed by atoms with van der Waals surface area (Å²) in [7, 11) is 0. The summed E-state index contributed by atoms with van der Waals surface area (Å²) in [6, 6.07) is 6.85. The maximum atomic E-state index is 13.9. The normalized spacial score (nSPS) is 17.1. The van der Waals surface area contributed by atoms with Crippen molar-refractivity contribution in [2.24, 2.45) is 5.92 Å². The van der Waals surface area contributed by atoms with Crippen LogP contribution in [0.25, 0.3) is 0 Å². The van der Waals surface area contributed by atoms with Gasteiger partial charge < -0.3 is 10.2 Å². The average molecular weight is 344 g/mol. The van der Waals surface area contributed by atoms with Crippen LogP contribution in [0.5, 0.6) is 0 Å². The van der Waals surface area contributed by atoms with E-state index in [1.165, 1.54) is 6.07 Å². The van der Waals surface area contributed by atoms with Crippen LogP contribution < -0.4 is 10.2 Å². The Hall–Kier alpha value is -2.37. The molecule has 25 heavy (non-hydrogen) atoms. The number of anilines is 1. The van der Waals surface area contributed by atoms with Gasteiger partial charge in [-0.1, -0.05) is 19.1 Å². The van der Waals surface area contributed by atoms with E-state index in [4.69, 9.17) is 0 Å². The van der Waals surface area contributed by atoms with E-state index in [1.54, 1.807) is 6.07 Å². The van der Waals surface area contributed by atoms with Crippen LogP contribution in [0.1, 0.15) is 35.8 Å². The molecule has 0 spiro atoms. The number of benzene rings is 1. The van der Waals surface area contributed by atoms with Gasteiger partial charge in [-0.15, -0.1) is 0 Å². The van der Waals surface area contributed by atoms with Crippen LogP contribution in [0.2, 0.25) is 0 Å². The predicted molar refractivity (Wildman–Crippen MR) is 96.3 cm³/mol. The lowest BCUT2D eigenvalue weighted by molar-refractivity contribution is 0.0947. The molecule has 5 nitrogen and oxygen atoms in total. The molecule has 1 N–H and O–H groups in total.